The van der Waals surface area contributed by atoms with Gasteiger partial charge < -0.3 is 25.4 Å². The summed E-state index contributed by atoms with van der Waals surface area (Å²) in [5.41, 5.74) is 6.84. The Labute approximate surface area is 136 Å². The molecule has 3 N–H and O–H groups in total. The third kappa shape index (κ3) is 2.99. The number of hydrogen-bond acceptors (Lipinski definition) is 6. The minimum Gasteiger partial charge on any atom is -0.493 e. The van der Waals surface area contributed by atoms with E-state index in [4.69, 9.17) is 15.2 Å². The zero-order chi connectivity index (χ0) is 16.4. The molecule has 0 aliphatic carbocycles. The normalized spacial score (nSPS) is 16.5. The molecule has 0 radical (unpaired) electrons. The molecular formula is C17H24N4O2. The maximum absolute atomic E-state index is 6.18. The van der Waals surface area contributed by atoms with E-state index in [1.807, 2.05) is 6.07 Å². The number of piperidine rings is 1. The van der Waals surface area contributed by atoms with Crippen molar-refractivity contribution < 1.29 is 9.47 Å². The van der Waals surface area contributed by atoms with Crippen LogP contribution in [-0.2, 0) is 0 Å². The molecule has 1 aliphatic rings. The maximum Gasteiger partial charge on any atom is 0.172 e. The first kappa shape index (κ1) is 15.7. The number of nitrogens with two attached hydrogens (primary N) is 1. The van der Waals surface area contributed by atoms with Crippen molar-refractivity contribution in [1.82, 2.24) is 9.88 Å². The van der Waals surface area contributed by atoms with E-state index in [1.165, 1.54) is 0 Å². The van der Waals surface area contributed by atoms with Crippen LogP contribution in [0.3, 0.4) is 0 Å². The smallest absolute Gasteiger partial charge is 0.172 e. The molecule has 0 saturated carbocycles. The number of rotatable bonds is 4. The van der Waals surface area contributed by atoms with Gasteiger partial charge in [0.05, 0.1) is 19.6 Å². The molecule has 0 amide bonds. The van der Waals surface area contributed by atoms with Gasteiger partial charge in [-0.2, -0.15) is 0 Å². The minimum atomic E-state index is 0.404. The molecule has 1 aromatic heterocycles. The molecule has 2 heterocycles. The van der Waals surface area contributed by atoms with Gasteiger partial charge in [-0.1, -0.05) is 0 Å². The zero-order valence-corrected chi connectivity index (χ0v) is 13.9. The zero-order valence-electron chi connectivity index (χ0n) is 13.9. The van der Waals surface area contributed by atoms with E-state index < -0.39 is 0 Å². The third-order valence-corrected chi connectivity index (χ3v) is 4.48. The molecule has 1 aromatic carbocycles. The number of methoxy groups -OCH3 is 2. The van der Waals surface area contributed by atoms with E-state index in [0.29, 0.717) is 23.2 Å². The SMILES string of the molecule is COc1cc(N)c2ccnc(NC3CCN(C)CC3)c2c1OC. The van der Waals surface area contributed by atoms with Crippen molar-refractivity contribution in [2.24, 2.45) is 0 Å². The molecule has 23 heavy (non-hydrogen) atoms. The Hall–Kier alpha value is -2.21. The van der Waals surface area contributed by atoms with Crippen LogP contribution in [0.25, 0.3) is 10.8 Å². The fourth-order valence-corrected chi connectivity index (χ4v) is 3.15. The molecule has 0 atom stereocenters. The molecule has 0 unspecified atom stereocenters. The van der Waals surface area contributed by atoms with Gasteiger partial charge in [0.25, 0.3) is 0 Å². The topological polar surface area (TPSA) is 72.6 Å². The van der Waals surface area contributed by atoms with Crippen LogP contribution in [0.1, 0.15) is 12.8 Å². The highest BCUT2D eigenvalue weighted by Gasteiger charge is 2.21. The Kier molecular flexibility index (Phi) is 4.43. The van der Waals surface area contributed by atoms with Crippen molar-refractivity contribution in [2.75, 3.05) is 45.4 Å². The second-order valence-electron chi connectivity index (χ2n) is 6.01. The van der Waals surface area contributed by atoms with Crippen molar-refractivity contribution in [2.45, 2.75) is 18.9 Å². The molecule has 1 saturated heterocycles. The number of hydrogen-bond donors (Lipinski definition) is 2. The average Bonchev–Trinajstić information content (AvgIpc) is 2.57. The van der Waals surface area contributed by atoms with E-state index in [0.717, 1.165) is 42.5 Å². The summed E-state index contributed by atoms with van der Waals surface area (Å²) in [6.45, 7) is 2.18. The number of nitrogens with zero attached hydrogens (tertiary/aromatic N) is 2. The molecule has 3 rings (SSSR count). The molecule has 6 heteroatoms. The molecule has 1 aliphatic heterocycles. The molecule has 1 fully saturated rings. The lowest BCUT2D eigenvalue weighted by Crippen LogP contribution is -2.36. The number of benzene rings is 1. The standard InChI is InChI=1S/C17H24N4O2/c1-21-8-5-11(6-9-21)20-17-15-12(4-7-19-17)13(18)10-14(22-2)16(15)23-3/h4,7,10-11H,5-6,8-9,18H2,1-3H3,(H,19,20). The van der Waals surface area contributed by atoms with E-state index in [2.05, 4.69) is 22.2 Å². The van der Waals surface area contributed by atoms with Crippen molar-refractivity contribution >= 4 is 22.3 Å². The summed E-state index contributed by atoms with van der Waals surface area (Å²) in [7, 11) is 5.41. The Morgan fingerprint density at radius 3 is 2.65 bits per heavy atom. The highest BCUT2D eigenvalue weighted by molar-refractivity contribution is 6.05. The number of ether oxygens (including phenoxy) is 2. The average molecular weight is 316 g/mol. The van der Waals surface area contributed by atoms with Crippen LogP contribution >= 0.6 is 0 Å². The van der Waals surface area contributed by atoms with E-state index in [1.54, 1.807) is 26.5 Å². The summed E-state index contributed by atoms with van der Waals surface area (Å²) in [5.74, 6) is 2.09. The van der Waals surface area contributed by atoms with Gasteiger partial charge in [0.1, 0.15) is 5.82 Å². The molecule has 6 nitrogen and oxygen atoms in total. The number of aromatic nitrogens is 1. The fraction of sp³-hybridized carbons (Fsp3) is 0.471. The van der Waals surface area contributed by atoms with Gasteiger partial charge in [0, 0.05) is 29.4 Å². The first-order chi connectivity index (χ1) is 11.1. The lowest BCUT2D eigenvalue weighted by molar-refractivity contribution is 0.263. The van der Waals surface area contributed by atoms with Gasteiger partial charge in [-0.25, -0.2) is 4.98 Å². The first-order valence-electron chi connectivity index (χ1n) is 7.88. The highest BCUT2D eigenvalue weighted by Crippen LogP contribution is 2.42. The summed E-state index contributed by atoms with van der Waals surface area (Å²) >= 11 is 0. The van der Waals surface area contributed by atoms with Crippen LogP contribution in [0, 0.1) is 0 Å². The van der Waals surface area contributed by atoms with Gasteiger partial charge in [-0.3, -0.25) is 0 Å². The largest absolute Gasteiger partial charge is 0.493 e. The summed E-state index contributed by atoms with van der Waals surface area (Å²) < 4.78 is 11.0. The number of likely N-dealkylation sites (tertiary alicyclic amines) is 1. The van der Waals surface area contributed by atoms with Crippen LogP contribution < -0.4 is 20.5 Å². The minimum absolute atomic E-state index is 0.404. The van der Waals surface area contributed by atoms with Crippen molar-refractivity contribution in [3.05, 3.63) is 18.3 Å². The van der Waals surface area contributed by atoms with Crippen LogP contribution in [-0.4, -0.2) is 50.3 Å². The number of pyridine rings is 1. The highest BCUT2D eigenvalue weighted by atomic mass is 16.5. The molecule has 0 bridgehead atoms. The number of nitrogen functional groups attached to an aromatic ring is 1. The predicted molar refractivity (Wildman–Crippen MR) is 93.4 cm³/mol. The Bertz CT molecular complexity index is 697. The fourth-order valence-electron chi connectivity index (χ4n) is 3.15. The van der Waals surface area contributed by atoms with E-state index >= 15 is 0 Å². The van der Waals surface area contributed by atoms with Gasteiger partial charge >= 0.3 is 0 Å². The van der Waals surface area contributed by atoms with Gasteiger partial charge in [0.2, 0.25) is 0 Å². The summed E-state index contributed by atoms with van der Waals surface area (Å²) in [4.78, 5) is 6.87. The van der Waals surface area contributed by atoms with Crippen LogP contribution in [0.4, 0.5) is 11.5 Å². The van der Waals surface area contributed by atoms with Crippen molar-refractivity contribution in [3.63, 3.8) is 0 Å². The third-order valence-electron chi connectivity index (χ3n) is 4.48. The van der Waals surface area contributed by atoms with E-state index in [9.17, 15) is 0 Å². The quantitative estimate of drug-likeness (QED) is 0.844. The second-order valence-corrected chi connectivity index (χ2v) is 6.01. The molecule has 124 valence electrons. The van der Waals surface area contributed by atoms with Crippen molar-refractivity contribution in [1.29, 1.82) is 0 Å². The van der Waals surface area contributed by atoms with Crippen LogP contribution in [0.15, 0.2) is 18.3 Å². The Morgan fingerprint density at radius 2 is 2.00 bits per heavy atom. The first-order valence-corrected chi connectivity index (χ1v) is 7.88. The van der Waals surface area contributed by atoms with Crippen LogP contribution in [0.2, 0.25) is 0 Å². The number of nitrogens with one attached hydrogen (secondary N) is 1. The maximum atomic E-state index is 6.18. The summed E-state index contributed by atoms with van der Waals surface area (Å²) in [6.07, 6.45) is 3.97. The van der Waals surface area contributed by atoms with Gasteiger partial charge in [-0.05, 0) is 39.0 Å². The summed E-state index contributed by atoms with van der Waals surface area (Å²) in [5, 5.41) is 5.37. The van der Waals surface area contributed by atoms with Crippen molar-refractivity contribution in [3.8, 4) is 11.5 Å². The summed E-state index contributed by atoms with van der Waals surface area (Å²) in [6, 6.07) is 4.11. The monoisotopic (exact) mass is 316 g/mol. The van der Waals surface area contributed by atoms with E-state index in [-0.39, 0.29) is 0 Å². The van der Waals surface area contributed by atoms with Crippen LogP contribution in [0.5, 0.6) is 11.5 Å². The van der Waals surface area contributed by atoms with Gasteiger partial charge in [-0.15, -0.1) is 0 Å². The van der Waals surface area contributed by atoms with Gasteiger partial charge in [0.15, 0.2) is 11.5 Å². The Morgan fingerprint density at radius 1 is 1.26 bits per heavy atom. The molecule has 2 aromatic rings. The Balaban J connectivity index is 2.04. The molecular weight excluding hydrogens is 292 g/mol. The number of fused-ring (bicyclic) bond motifs is 1. The predicted octanol–water partition coefficient (Wildman–Crippen LogP) is 2.34. The number of anilines is 2. The second kappa shape index (κ2) is 6.50. The molecule has 0 spiro atoms. The lowest BCUT2D eigenvalue weighted by atomic mass is 10.0. The lowest BCUT2D eigenvalue weighted by Gasteiger charge is -2.30.